The van der Waals surface area contributed by atoms with Crippen LogP contribution in [0.3, 0.4) is 0 Å². The van der Waals surface area contributed by atoms with E-state index in [1.54, 1.807) is 4.90 Å². The van der Waals surface area contributed by atoms with E-state index in [4.69, 9.17) is 9.47 Å². The normalized spacial score (nSPS) is 20.8. The summed E-state index contributed by atoms with van der Waals surface area (Å²) in [5, 5.41) is 7.48. The van der Waals surface area contributed by atoms with Gasteiger partial charge in [0.1, 0.15) is 11.7 Å². The number of amides is 2. The number of likely N-dealkylation sites (tertiary alicyclic amines) is 1. The largest absolute Gasteiger partial charge is 0.453 e. The van der Waals surface area contributed by atoms with Crippen molar-refractivity contribution in [1.29, 1.82) is 0 Å². The highest BCUT2D eigenvalue weighted by molar-refractivity contribution is 9.10. The summed E-state index contributed by atoms with van der Waals surface area (Å²) in [6.45, 7) is 1.04. The summed E-state index contributed by atoms with van der Waals surface area (Å²) in [5.41, 5.74) is 3.82. The van der Waals surface area contributed by atoms with Gasteiger partial charge in [-0.05, 0) is 46.5 Å². The predicted molar refractivity (Wildman–Crippen MR) is 128 cm³/mol. The number of rotatable bonds is 4. The second-order valence-corrected chi connectivity index (χ2v) is 9.11. The Balaban J connectivity index is 1.65. The standard InChI is InChI=1S/C24H25BrN4O4/c1-32-22(30)26-12-10-15-14-29(19-9-4-3-6-16(15)19)24-11-13-28(23(31)33-2)21(24)27-20-17(24)7-5-8-18(20)25/h3-9,14,21,27H,10-13H2,1-2H3,(H,26,30)/t21-,24+/m1/s1. The molecule has 2 aromatic carbocycles. The molecule has 1 aromatic heterocycles. The number of methoxy groups -OCH3 is 2. The summed E-state index contributed by atoms with van der Waals surface area (Å²) < 4.78 is 13.1. The van der Waals surface area contributed by atoms with Crippen molar-refractivity contribution in [1.82, 2.24) is 14.8 Å². The van der Waals surface area contributed by atoms with Gasteiger partial charge in [0.25, 0.3) is 0 Å². The van der Waals surface area contributed by atoms with Crippen LogP contribution in [0, 0.1) is 0 Å². The number of hydrogen-bond donors (Lipinski definition) is 2. The number of ether oxygens (including phenoxy) is 2. The van der Waals surface area contributed by atoms with Gasteiger partial charge < -0.3 is 24.7 Å². The second-order valence-electron chi connectivity index (χ2n) is 8.26. The maximum Gasteiger partial charge on any atom is 0.411 e. The van der Waals surface area contributed by atoms with Crippen molar-refractivity contribution in [2.75, 3.05) is 32.6 Å². The maximum absolute atomic E-state index is 12.7. The molecule has 9 heteroatoms. The van der Waals surface area contributed by atoms with E-state index >= 15 is 0 Å². The Labute approximate surface area is 200 Å². The Morgan fingerprint density at radius 3 is 2.79 bits per heavy atom. The van der Waals surface area contributed by atoms with Crippen molar-refractivity contribution in [3.8, 4) is 0 Å². The molecule has 5 rings (SSSR count). The van der Waals surface area contributed by atoms with Gasteiger partial charge in [0, 0.05) is 40.2 Å². The molecule has 0 bridgehead atoms. The molecule has 0 unspecified atom stereocenters. The van der Waals surface area contributed by atoms with Crippen molar-refractivity contribution >= 4 is 44.7 Å². The van der Waals surface area contributed by atoms with Gasteiger partial charge in [-0.1, -0.05) is 30.3 Å². The summed E-state index contributed by atoms with van der Waals surface area (Å²) in [6, 6.07) is 14.4. The number of benzene rings is 2. The molecule has 0 spiro atoms. The number of hydrogen-bond acceptors (Lipinski definition) is 5. The van der Waals surface area contributed by atoms with Crippen molar-refractivity contribution in [3.63, 3.8) is 0 Å². The third-order valence-electron chi connectivity index (χ3n) is 6.74. The van der Waals surface area contributed by atoms with E-state index in [0.29, 0.717) is 19.5 Å². The van der Waals surface area contributed by atoms with Gasteiger partial charge in [0.2, 0.25) is 0 Å². The maximum atomic E-state index is 12.7. The molecule has 3 aromatic rings. The molecule has 0 radical (unpaired) electrons. The summed E-state index contributed by atoms with van der Waals surface area (Å²) in [7, 11) is 2.77. The first kappa shape index (κ1) is 21.6. The van der Waals surface area contributed by atoms with Crippen LogP contribution in [0.1, 0.15) is 17.5 Å². The lowest BCUT2D eigenvalue weighted by molar-refractivity contribution is 0.116. The molecule has 2 amide bonds. The molecule has 2 aliphatic heterocycles. The van der Waals surface area contributed by atoms with Crippen molar-refractivity contribution in [2.24, 2.45) is 0 Å². The van der Waals surface area contributed by atoms with E-state index < -0.39 is 11.6 Å². The number of nitrogens with zero attached hydrogens (tertiary/aromatic N) is 2. The van der Waals surface area contributed by atoms with Crippen LogP contribution in [0.2, 0.25) is 0 Å². The van der Waals surface area contributed by atoms with E-state index in [-0.39, 0.29) is 12.3 Å². The fraction of sp³-hybridized carbons (Fsp3) is 0.333. The van der Waals surface area contributed by atoms with Crippen LogP contribution in [-0.2, 0) is 21.4 Å². The van der Waals surface area contributed by atoms with Gasteiger partial charge in [-0.25, -0.2) is 9.59 Å². The number of alkyl carbamates (subject to hydrolysis) is 1. The summed E-state index contributed by atoms with van der Waals surface area (Å²) >= 11 is 3.68. The average molecular weight is 513 g/mol. The van der Waals surface area contributed by atoms with Gasteiger partial charge in [0.15, 0.2) is 0 Å². The molecule has 8 nitrogen and oxygen atoms in total. The van der Waals surface area contributed by atoms with Crippen LogP contribution < -0.4 is 10.6 Å². The highest BCUT2D eigenvalue weighted by Gasteiger charge is 2.57. The lowest BCUT2D eigenvalue weighted by atomic mass is 9.88. The molecule has 172 valence electrons. The Morgan fingerprint density at radius 1 is 1.18 bits per heavy atom. The van der Waals surface area contributed by atoms with Crippen LogP contribution in [0.15, 0.2) is 53.1 Å². The molecular formula is C24H25BrN4O4. The van der Waals surface area contributed by atoms with Crippen LogP contribution in [0.25, 0.3) is 10.9 Å². The lowest BCUT2D eigenvalue weighted by Gasteiger charge is -2.34. The van der Waals surface area contributed by atoms with Crippen LogP contribution in [-0.4, -0.2) is 55.1 Å². The molecule has 2 atom stereocenters. The molecule has 3 heterocycles. The molecule has 2 N–H and O–H groups in total. The Morgan fingerprint density at radius 2 is 2.00 bits per heavy atom. The van der Waals surface area contributed by atoms with E-state index in [9.17, 15) is 9.59 Å². The number of carbonyl (C=O) groups excluding carboxylic acids is 2. The molecule has 1 fully saturated rings. The zero-order chi connectivity index (χ0) is 23.2. The number of carbonyl (C=O) groups is 2. The highest BCUT2D eigenvalue weighted by atomic mass is 79.9. The van der Waals surface area contributed by atoms with Crippen molar-refractivity contribution in [3.05, 3.63) is 64.3 Å². The van der Waals surface area contributed by atoms with E-state index in [2.05, 4.69) is 55.5 Å². The lowest BCUT2D eigenvalue weighted by Crippen LogP contribution is -2.49. The minimum Gasteiger partial charge on any atom is -0.453 e. The number of halogens is 1. The first-order valence-electron chi connectivity index (χ1n) is 10.8. The highest BCUT2D eigenvalue weighted by Crippen LogP contribution is 2.53. The molecule has 0 saturated carbocycles. The topological polar surface area (TPSA) is 84.8 Å². The van der Waals surface area contributed by atoms with Gasteiger partial charge in [-0.15, -0.1) is 0 Å². The molecule has 0 aliphatic carbocycles. The van der Waals surface area contributed by atoms with Gasteiger partial charge in [-0.3, -0.25) is 4.90 Å². The Bertz CT molecular complexity index is 1240. The molecule has 33 heavy (non-hydrogen) atoms. The van der Waals surface area contributed by atoms with Crippen molar-refractivity contribution in [2.45, 2.75) is 24.5 Å². The van der Waals surface area contributed by atoms with Crippen molar-refractivity contribution < 1.29 is 19.1 Å². The molecular weight excluding hydrogens is 488 g/mol. The third kappa shape index (κ3) is 3.25. The van der Waals surface area contributed by atoms with Crippen LogP contribution >= 0.6 is 15.9 Å². The number of aromatic nitrogens is 1. The zero-order valence-electron chi connectivity index (χ0n) is 18.4. The van der Waals surface area contributed by atoms with Gasteiger partial charge >= 0.3 is 12.2 Å². The number of fused-ring (bicyclic) bond motifs is 4. The first-order valence-corrected chi connectivity index (χ1v) is 11.6. The zero-order valence-corrected chi connectivity index (χ0v) is 20.0. The Kier molecular flexibility index (Phi) is 5.44. The quantitative estimate of drug-likeness (QED) is 0.545. The first-order chi connectivity index (χ1) is 16.0. The SMILES string of the molecule is COC(=O)NCCc1cn([C@]23CCN(C(=O)OC)[C@H]2Nc2c(Br)cccc23)c2ccccc12. The summed E-state index contributed by atoms with van der Waals surface area (Å²) in [5.74, 6) is 0. The summed E-state index contributed by atoms with van der Waals surface area (Å²) in [4.78, 5) is 25.9. The monoisotopic (exact) mass is 512 g/mol. The van der Waals surface area contributed by atoms with E-state index in [1.807, 2.05) is 24.3 Å². The van der Waals surface area contributed by atoms with E-state index in [1.165, 1.54) is 14.2 Å². The molecule has 1 saturated heterocycles. The predicted octanol–water partition coefficient (Wildman–Crippen LogP) is 4.27. The minimum absolute atomic E-state index is 0.296. The fourth-order valence-electron chi connectivity index (χ4n) is 5.31. The summed E-state index contributed by atoms with van der Waals surface area (Å²) in [6.07, 6.45) is 2.47. The average Bonchev–Trinajstić information content (AvgIpc) is 3.48. The van der Waals surface area contributed by atoms with Gasteiger partial charge in [0.05, 0.1) is 19.9 Å². The second kappa shape index (κ2) is 8.30. The Hall–Kier alpha value is -3.20. The number of nitrogens with one attached hydrogen (secondary N) is 2. The minimum atomic E-state index is -0.499. The smallest absolute Gasteiger partial charge is 0.411 e. The number of anilines is 1. The van der Waals surface area contributed by atoms with E-state index in [0.717, 1.165) is 38.6 Å². The van der Waals surface area contributed by atoms with Gasteiger partial charge in [-0.2, -0.15) is 0 Å². The molecule has 2 aliphatic rings. The number of para-hydroxylation sites is 2. The third-order valence-corrected chi connectivity index (χ3v) is 7.40. The fourth-order valence-corrected chi connectivity index (χ4v) is 5.79. The van der Waals surface area contributed by atoms with Crippen LogP contribution in [0.4, 0.5) is 15.3 Å². The van der Waals surface area contributed by atoms with Crippen LogP contribution in [0.5, 0.6) is 0 Å².